The summed E-state index contributed by atoms with van der Waals surface area (Å²) in [6.45, 7) is 12.6. The van der Waals surface area contributed by atoms with Crippen LogP contribution < -0.4 is 0 Å². The third-order valence-corrected chi connectivity index (χ3v) is 6.54. The lowest BCUT2D eigenvalue weighted by Crippen LogP contribution is -2.45. The van der Waals surface area contributed by atoms with Crippen molar-refractivity contribution in [1.29, 1.82) is 0 Å². The number of likely N-dealkylation sites (tertiary alicyclic amines) is 1. The molecule has 2 heterocycles. The monoisotopic (exact) mass is 462 g/mol. The average Bonchev–Trinajstić information content (AvgIpc) is 3.03. The first-order chi connectivity index (χ1) is 13.4. The van der Waals surface area contributed by atoms with Gasteiger partial charge >= 0.3 is 0 Å². The molecule has 28 heavy (non-hydrogen) atoms. The van der Waals surface area contributed by atoms with Crippen molar-refractivity contribution in [3.63, 3.8) is 0 Å². The molecule has 2 aromatic rings. The van der Waals surface area contributed by atoms with Crippen molar-refractivity contribution < 1.29 is 4.79 Å². The first kappa shape index (κ1) is 21.1. The van der Waals surface area contributed by atoms with Gasteiger partial charge in [-0.2, -0.15) is 0 Å². The number of carbonyl (C=O) groups excluding carboxylic acids is 1. The molecule has 0 bridgehead atoms. The Hall–Kier alpha value is -1.60. The molecule has 150 valence electrons. The van der Waals surface area contributed by atoms with E-state index in [1.165, 1.54) is 18.2 Å². The van der Waals surface area contributed by atoms with E-state index in [2.05, 4.69) is 46.6 Å². The maximum atomic E-state index is 13.0. The molecule has 1 aliphatic rings. The van der Waals surface area contributed by atoms with Gasteiger partial charge in [-0.25, -0.2) is 0 Å². The van der Waals surface area contributed by atoms with Crippen LogP contribution in [0.5, 0.6) is 0 Å². The molecule has 3 atom stereocenters. The van der Waals surface area contributed by atoms with E-state index in [9.17, 15) is 4.79 Å². The number of rotatable bonds is 6. The van der Waals surface area contributed by atoms with Crippen LogP contribution in [-0.4, -0.2) is 43.9 Å². The van der Waals surface area contributed by atoms with Crippen LogP contribution in [0.15, 0.2) is 46.5 Å². The van der Waals surface area contributed by atoms with Gasteiger partial charge in [0.25, 0.3) is 0 Å². The molecule has 3 rings (SSSR count). The molecule has 5 nitrogen and oxygen atoms in total. The molecule has 1 aromatic heterocycles. The molecule has 0 N–H and O–H groups in total. The number of amides is 1. The number of aromatic nitrogens is 3. The molecule has 0 aliphatic carbocycles. The van der Waals surface area contributed by atoms with Crippen LogP contribution in [0.2, 0.25) is 0 Å². The van der Waals surface area contributed by atoms with Crippen molar-refractivity contribution in [3.05, 3.63) is 41.4 Å². The molecule has 1 aliphatic heterocycles. The third kappa shape index (κ3) is 4.87. The van der Waals surface area contributed by atoms with Crippen LogP contribution in [0.25, 0.3) is 11.4 Å². The highest BCUT2D eigenvalue weighted by atomic mass is 79.9. The summed E-state index contributed by atoms with van der Waals surface area (Å²) < 4.78 is 3.04. The van der Waals surface area contributed by atoms with E-state index in [0.717, 1.165) is 34.1 Å². The Morgan fingerprint density at radius 1 is 1.29 bits per heavy atom. The van der Waals surface area contributed by atoms with Crippen LogP contribution in [0, 0.1) is 11.8 Å². The Bertz CT molecular complexity index is 825. The van der Waals surface area contributed by atoms with Crippen LogP contribution in [0.4, 0.5) is 0 Å². The Labute approximate surface area is 179 Å². The van der Waals surface area contributed by atoms with Crippen LogP contribution in [0.1, 0.15) is 27.2 Å². The predicted molar refractivity (Wildman–Crippen MR) is 118 cm³/mol. The summed E-state index contributed by atoms with van der Waals surface area (Å²) in [5.41, 5.74) is 0.988. The van der Waals surface area contributed by atoms with Crippen molar-refractivity contribution in [3.8, 4) is 11.4 Å². The molecule has 3 unspecified atom stereocenters. The summed E-state index contributed by atoms with van der Waals surface area (Å²) in [4.78, 5) is 15.0. The fraction of sp³-hybridized carbons (Fsp3) is 0.476. The Balaban J connectivity index is 1.78. The number of nitrogens with zero attached hydrogens (tertiary/aromatic N) is 4. The van der Waals surface area contributed by atoms with E-state index in [1.807, 2.05) is 46.7 Å². The zero-order chi connectivity index (χ0) is 20.3. The maximum Gasteiger partial charge on any atom is 0.235 e. The van der Waals surface area contributed by atoms with Crippen LogP contribution >= 0.6 is 27.7 Å². The molecule has 0 spiro atoms. The molecular weight excluding hydrogens is 436 g/mol. The number of piperidine rings is 1. The van der Waals surface area contributed by atoms with Gasteiger partial charge in [-0.15, -0.1) is 16.8 Å². The minimum absolute atomic E-state index is 0.182. The van der Waals surface area contributed by atoms with Crippen molar-refractivity contribution in [1.82, 2.24) is 19.7 Å². The van der Waals surface area contributed by atoms with Gasteiger partial charge in [0.05, 0.1) is 5.25 Å². The molecule has 0 saturated carbocycles. The normalized spacial score (nSPS) is 20.8. The summed E-state index contributed by atoms with van der Waals surface area (Å²) in [6, 6.07) is 7.99. The van der Waals surface area contributed by atoms with Crippen molar-refractivity contribution in [2.24, 2.45) is 11.8 Å². The summed E-state index contributed by atoms with van der Waals surface area (Å²) in [7, 11) is 0. The van der Waals surface area contributed by atoms with Gasteiger partial charge in [-0.3, -0.25) is 9.36 Å². The van der Waals surface area contributed by atoms with Crippen molar-refractivity contribution >= 4 is 33.6 Å². The molecule has 1 saturated heterocycles. The highest BCUT2D eigenvalue weighted by Gasteiger charge is 2.29. The quantitative estimate of drug-likeness (QED) is 0.453. The maximum absolute atomic E-state index is 13.0. The van der Waals surface area contributed by atoms with Gasteiger partial charge in [0, 0.05) is 29.7 Å². The van der Waals surface area contributed by atoms with E-state index in [-0.39, 0.29) is 11.2 Å². The number of benzene rings is 1. The second-order valence-electron chi connectivity index (χ2n) is 7.66. The SMILES string of the molecule is C=CCn1c(SC(C)C(=O)N2CC(C)CC(C)C2)nnc1-c1ccc(Br)cc1. The molecule has 1 aromatic carbocycles. The zero-order valence-corrected chi connectivity index (χ0v) is 19.0. The van der Waals surface area contributed by atoms with Gasteiger partial charge in [0.15, 0.2) is 11.0 Å². The highest BCUT2D eigenvalue weighted by Crippen LogP contribution is 2.30. The summed E-state index contributed by atoms with van der Waals surface area (Å²) in [5.74, 6) is 2.08. The van der Waals surface area contributed by atoms with Gasteiger partial charge in [0.2, 0.25) is 5.91 Å². The van der Waals surface area contributed by atoms with Crippen molar-refractivity contribution in [2.45, 2.75) is 44.1 Å². The number of hydrogen-bond donors (Lipinski definition) is 0. The molecule has 1 fully saturated rings. The second-order valence-corrected chi connectivity index (χ2v) is 9.89. The van der Waals surface area contributed by atoms with Crippen LogP contribution in [0.3, 0.4) is 0 Å². The van der Waals surface area contributed by atoms with Gasteiger partial charge < -0.3 is 4.90 Å². The largest absolute Gasteiger partial charge is 0.341 e. The third-order valence-electron chi connectivity index (χ3n) is 4.94. The molecular formula is C21H27BrN4OS. The Morgan fingerprint density at radius 2 is 1.93 bits per heavy atom. The molecule has 7 heteroatoms. The number of thioether (sulfide) groups is 1. The van der Waals surface area contributed by atoms with E-state index >= 15 is 0 Å². The predicted octanol–water partition coefficient (Wildman–Crippen LogP) is 4.88. The van der Waals surface area contributed by atoms with Crippen molar-refractivity contribution in [2.75, 3.05) is 13.1 Å². The van der Waals surface area contributed by atoms with E-state index < -0.39 is 0 Å². The second kappa shape index (κ2) is 9.27. The van der Waals surface area contributed by atoms with E-state index in [1.54, 1.807) is 0 Å². The van der Waals surface area contributed by atoms with Crippen LogP contribution in [-0.2, 0) is 11.3 Å². The number of carbonyl (C=O) groups is 1. The minimum atomic E-state index is -0.206. The molecule has 0 radical (unpaired) electrons. The first-order valence-electron chi connectivity index (χ1n) is 9.64. The minimum Gasteiger partial charge on any atom is -0.341 e. The zero-order valence-electron chi connectivity index (χ0n) is 16.6. The number of halogens is 1. The Kier molecular flexibility index (Phi) is 6.99. The fourth-order valence-corrected chi connectivity index (χ4v) is 5.00. The summed E-state index contributed by atoms with van der Waals surface area (Å²) >= 11 is 4.94. The lowest BCUT2D eigenvalue weighted by molar-refractivity contribution is -0.132. The molecule has 1 amide bonds. The van der Waals surface area contributed by atoms with E-state index in [4.69, 9.17) is 0 Å². The van der Waals surface area contributed by atoms with E-state index in [0.29, 0.717) is 18.4 Å². The summed E-state index contributed by atoms with van der Waals surface area (Å²) in [5, 5.41) is 9.31. The first-order valence-corrected chi connectivity index (χ1v) is 11.3. The van der Waals surface area contributed by atoms with Gasteiger partial charge in [-0.1, -0.05) is 59.7 Å². The standard InChI is InChI=1S/C21H27BrN4OS/c1-5-10-26-19(17-6-8-18(22)9-7-17)23-24-21(26)28-16(4)20(27)25-12-14(2)11-15(3)13-25/h5-9,14-16H,1,10-13H2,2-4H3. The number of hydrogen-bond acceptors (Lipinski definition) is 4. The summed E-state index contributed by atoms with van der Waals surface area (Å²) in [6.07, 6.45) is 3.02. The lowest BCUT2D eigenvalue weighted by Gasteiger charge is -2.36. The topological polar surface area (TPSA) is 51.0 Å². The average molecular weight is 463 g/mol. The lowest BCUT2D eigenvalue weighted by atomic mass is 9.92. The van der Waals surface area contributed by atoms with Gasteiger partial charge in [-0.05, 0) is 37.3 Å². The Morgan fingerprint density at radius 3 is 2.54 bits per heavy atom. The van der Waals surface area contributed by atoms with Gasteiger partial charge in [0.1, 0.15) is 0 Å². The smallest absolute Gasteiger partial charge is 0.235 e. The number of allylic oxidation sites excluding steroid dienone is 1. The fourth-order valence-electron chi connectivity index (χ4n) is 3.79. The highest BCUT2D eigenvalue weighted by molar-refractivity contribution is 9.10.